The van der Waals surface area contributed by atoms with Crippen LogP contribution in [-0.4, -0.2) is 22.0 Å². The first-order valence-corrected chi connectivity index (χ1v) is 7.98. The Bertz CT molecular complexity index is 645. The van der Waals surface area contributed by atoms with Gasteiger partial charge in [-0.3, -0.25) is 0 Å². The van der Waals surface area contributed by atoms with Gasteiger partial charge in [-0.2, -0.15) is 0 Å². The molecule has 1 unspecified atom stereocenters. The summed E-state index contributed by atoms with van der Waals surface area (Å²) in [6.45, 7) is 5.83. The van der Waals surface area contributed by atoms with Crippen LogP contribution in [0.1, 0.15) is 37.1 Å². The molecule has 0 saturated heterocycles. The van der Waals surface area contributed by atoms with Crippen molar-refractivity contribution in [1.29, 1.82) is 0 Å². The predicted molar refractivity (Wildman–Crippen MR) is 89.0 cm³/mol. The number of nitrogens with zero attached hydrogens (tertiary/aromatic N) is 2. The van der Waals surface area contributed by atoms with Gasteiger partial charge in [0.2, 0.25) is 0 Å². The standard InChI is InChI=1S/C18H23N3O/c1-3-5-17-16-6-4-11-20(16)12-13-21(17)18(22)19-15-9-7-14(2)8-10-15/h4,6-11,17H,3,5,12-13H2,1-2H3,(H,19,22). The molecule has 1 aliphatic heterocycles. The molecule has 0 aliphatic carbocycles. The fourth-order valence-electron chi connectivity index (χ4n) is 3.12. The average Bonchev–Trinajstić information content (AvgIpc) is 2.99. The molecule has 2 aromatic rings. The van der Waals surface area contributed by atoms with Gasteiger partial charge < -0.3 is 14.8 Å². The Balaban J connectivity index is 1.77. The molecule has 0 saturated carbocycles. The number of hydrogen-bond donors (Lipinski definition) is 1. The molecule has 0 fully saturated rings. The highest BCUT2D eigenvalue weighted by Crippen LogP contribution is 2.30. The lowest BCUT2D eigenvalue weighted by Gasteiger charge is -2.37. The Morgan fingerprint density at radius 2 is 2.00 bits per heavy atom. The highest BCUT2D eigenvalue weighted by atomic mass is 16.2. The summed E-state index contributed by atoms with van der Waals surface area (Å²) in [5, 5.41) is 3.03. The molecule has 4 heteroatoms. The Kier molecular flexibility index (Phi) is 4.18. The first-order valence-electron chi connectivity index (χ1n) is 7.98. The first kappa shape index (κ1) is 14.7. The summed E-state index contributed by atoms with van der Waals surface area (Å²) >= 11 is 0. The molecule has 1 aromatic carbocycles. The van der Waals surface area contributed by atoms with Crippen molar-refractivity contribution >= 4 is 11.7 Å². The largest absolute Gasteiger partial charge is 0.348 e. The van der Waals surface area contributed by atoms with E-state index in [0.717, 1.165) is 31.6 Å². The van der Waals surface area contributed by atoms with E-state index in [1.807, 2.05) is 36.1 Å². The summed E-state index contributed by atoms with van der Waals surface area (Å²) in [6, 6.07) is 12.3. The number of aryl methyl sites for hydroxylation is 1. The molecule has 0 radical (unpaired) electrons. The number of rotatable bonds is 3. The molecule has 4 nitrogen and oxygen atoms in total. The fourth-order valence-corrected chi connectivity index (χ4v) is 3.12. The van der Waals surface area contributed by atoms with Crippen molar-refractivity contribution in [2.75, 3.05) is 11.9 Å². The van der Waals surface area contributed by atoms with E-state index in [4.69, 9.17) is 0 Å². The molecule has 0 spiro atoms. The van der Waals surface area contributed by atoms with E-state index in [-0.39, 0.29) is 12.1 Å². The third-order valence-electron chi connectivity index (χ3n) is 4.29. The minimum Gasteiger partial charge on any atom is -0.348 e. The Morgan fingerprint density at radius 1 is 1.23 bits per heavy atom. The minimum atomic E-state index is -0.00486. The number of hydrogen-bond acceptors (Lipinski definition) is 1. The first-order chi connectivity index (χ1) is 10.7. The lowest BCUT2D eigenvalue weighted by Crippen LogP contribution is -2.44. The second-order valence-electron chi connectivity index (χ2n) is 5.92. The van der Waals surface area contributed by atoms with Crippen LogP contribution >= 0.6 is 0 Å². The van der Waals surface area contributed by atoms with Crippen LogP contribution in [0.15, 0.2) is 42.6 Å². The lowest BCUT2D eigenvalue weighted by molar-refractivity contribution is 0.163. The van der Waals surface area contributed by atoms with E-state index in [9.17, 15) is 4.79 Å². The molecule has 3 rings (SSSR count). The normalized spacial score (nSPS) is 17.2. The van der Waals surface area contributed by atoms with Gasteiger partial charge in [0.1, 0.15) is 0 Å². The van der Waals surface area contributed by atoms with Gasteiger partial charge in [0.05, 0.1) is 6.04 Å². The van der Waals surface area contributed by atoms with Gasteiger partial charge in [0, 0.05) is 30.7 Å². The highest BCUT2D eigenvalue weighted by molar-refractivity contribution is 5.89. The van der Waals surface area contributed by atoms with Crippen LogP contribution in [0.3, 0.4) is 0 Å². The Morgan fingerprint density at radius 3 is 2.73 bits per heavy atom. The maximum atomic E-state index is 12.7. The van der Waals surface area contributed by atoms with Crippen molar-refractivity contribution in [2.45, 2.75) is 39.3 Å². The minimum absolute atomic E-state index is 0.00486. The van der Waals surface area contributed by atoms with E-state index in [2.05, 4.69) is 35.1 Å². The second-order valence-corrected chi connectivity index (χ2v) is 5.92. The molecule has 0 bridgehead atoms. The molecule has 116 valence electrons. The van der Waals surface area contributed by atoms with Gasteiger partial charge in [0.25, 0.3) is 0 Å². The number of anilines is 1. The van der Waals surface area contributed by atoms with E-state index < -0.39 is 0 Å². The number of benzene rings is 1. The number of carbonyl (C=O) groups excluding carboxylic acids is 1. The van der Waals surface area contributed by atoms with Crippen molar-refractivity contribution in [2.24, 2.45) is 0 Å². The molecule has 1 aliphatic rings. The van der Waals surface area contributed by atoms with Crippen molar-refractivity contribution in [1.82, 2.24) is 9.47 Å². The van der Waals surface area contributed by atoms with Crippen LogP contribution in [0, 0.1) is 6.92 Å². The quantitative estimate of drug-likeness (QED) is 0.906. The fraction of sp³-hybridized carbons (Fsp3) is 0.389. The van der Waals surface area contributed by atoms with Gasteiger partial charge in [-0.05, 0) is 37.6 Å². The van der Waals surface area contributed by atoms with Crippen LogP contribution in [0.4, 0.5) is 10.5 Å². The SMILES string of the molecule is CCCC1c2cccn2CCN1C(=O)Nc1ccc(C)cc1. The molecular formula is C18H23N3O. The molecule has 1 atom stereocenters. The molecule has 2 amide bonds. The summed E-state index contributed by atoms with van der Waals surface area (Å²) < 4.78 is 2.26. The number of carbonyl (C=O) groups is 1. The van der Waals surface area contributed by atoms with E-state index in [1.54, 1.807) is 0 Å². The van der Waals surface area contributed by atoms with Gasteiger partial charge >= 0.3 is 6.03 Å². The summed E-state index contributed by atoms with van der Waals surface area (Å²) in [5.41, 5.74) is 3.29. The smallest absolute Gasteiger partial charge is 0.322 e. The van der Waals surface area contributed by atoms with Crippen molar-refractivity contribution in [3.63, 3.8) is 0 Å². The van der Waals surface area contributed by atoms with E-state index in [0.29, 0.717) is 0 Å². The topological polar surface area (TPSA) is 37.3 Å². The van der Waals surface area contributed by atoms with Crippen LogP contribution in [-0.2, 0) is 6.54 Å². The van der Waals surface area contributed by atoms with E-state index >= 15 is 0 Å². The third-order valence-corrected chi connectivity index (χ3v) is 4.29. The zero-order valence-corrected chi connectivity index (χ0v) is 13.2. The monoisotopic (exact) mass is 297 g/mol. The van der Waals surface area contributed by atoms with Crippen LogP contribution < -0.4 is 5.32 Å². The predicted octanol–water partition coefficient (Wildman–Crippen LogP) is 4.19. The average molecular weight is 297 g/mol. The molecule has 2 heterocycles. The van der Waals surface area contributed by atoms with Crippen molar-refractivity contribution < 1.29 is 4.79 Å². The third kappa shape index (κ3) is 2.86. The Labute approximate surface area is 131 Å². The summed E-state index contributed by atoms with van der Waals surface area (Å²) in [4.78, 5) is 14.6. The molecular weight excluding hydrogens is 274 g/mol. The van der Waals surface area contributed by atoms with Gasteiger partial charge in [-0.15, -0.1) is 0 Å². The molecule has 22 heavy (non-hydrogen) atoms. The summed E-state index contributed by atoms with van der Waals surface area (Å²) in [6.07, 6.45) is 4.16. The van der Waals surface area contributed by atoms with Gasteiger partial charge in [-0.25, -0.2) is 4.79 Å². The number of urea groups is 1. The van der Waals surface area contributed by atoms with Gasteiger partial charge in [0.15, 0.2) is 0 Å². The zero-order valence-electron chi connectivity index (χ0n) is 13.2. The van der Waals surface area contributed by atoms with Crippen LogP contribution in [0.5, 0.6) is 0 Å². The lowest BCUT2D eigenvalue weighted by atomic mass is 10.0. The number of fused-ring (bicyclic) bond motifs is 1. The maximum Gasteiger partial charge on any atom is 0.322 e. The van der Waals surface area contributed by atoms with Crippen LogP contribution in [0.2, 0.25) is 0 Å². The van der Waals surface area contributed by atoms with Crippen molar-refractivity contribution in [3.8, 4) is 0 Å². The Hall–Kier alpha value is -2.23. The number of nitrogens with one attached hydrogen (secondary N) is 1. The molecule has 1 aromatic heterocycles. The number of aromatic nitrogens is 1. The molecule has 1 N–H and O–H groups in total. The van der Waals surface area contributed by atoms with Gasteiger partial charge in [-0.1, -0.05) is 31.0 Å². The second kappa shape index (κ2) is 6.26. The zero-order chi connectivity index (χ0) is 15.5. The number of amides is 2. The summed E-state index contributed by atoms with van der Waals surface area (Å²) in [5.74, 6) is 0. The summed E-state index contributed by atoms with van der Waals surface area (Å²) in [7, 11) is 0. The maximum absolute atomic E-state index is 12.7. The van der Waals surface area contributed by atoms with E-state index in [1.165, 1.54) is 11.3 Å². The van der Waals surface area contributed by atoms with Crippen LogP contribution in [0.25, 0.3) is 0 Å². The van der Waals surface area contributed by atoms with Crippen molar-refractivity contribution in [3.05, 3.63) is 53.9 Å². The highest BCUT2D eigenvalue weighted by Gasteiger charge is 2.30.